The zero-order valence-corrected chi connectivity index (χ0v) is 7.17. The minimum atomic E-state index is 0.0848. The van der Waals surface area contributed by atoms with Gasteiger partial charge in [0.1, 0.15) is 5.76 Å². The number of nitrogens with one attached hydrogen (secondary N) is 1. The maximum atomic E-state index is 10.8. The molecule has 1 aromatic heterocycles. The third-order valence-electron chi connectivity index (χ3n) is 1.59. The number of amides is 1. The predicted octanol–water partition coefficient (Wildman–Crippen LogP) is 1.35. The van der Waals surface area contributed by atoms with E-state index in [0.29, 0.717) is 13.0 Å². The molecule has 1 aromatic rings. The Morgan fingerprint density at radius 1 is 1.67 bits per heavy atom. The van der Waals surface area contributed by atoms with E-state index in [4.69, 9.17) is 4.42 Å². The first-order chi connectivity index (χ1) is 5.83. The summed E-state index contributed by atoms with van der Waals surface area (Å²) in [6.07, 6.45) is 2.94. The van der Waals surface area contributed by atoms with E-state index in [9.17, 15) is 4.79 Å². The summed E-state index contributed by atoms with van der Waals surface area (Å²) >= 11 is 0. The molecule has 0 radical (unpaired) electrons. The second kappa shape index (κ2) is 4.59. The Kier molecular flexibility index (Phi) is 3.38. The number of carbonyl (C=O) groups excluding carboxylic acids is 1. The Morgan fingerprint density at radius 3 is 3.08 bits per heavy atom. The average molecular weight is 167 g/mol. The maximum Gasteiger partial charge on any atom is 0.219 e. The van der Waals surface area contributed by atoms with Crippen LogP contribution in [0.1, 0.15) is 19.1 Å². The molecule has 0 saturated heterocycles. The lowest BCUT2D eigenvalue weighted by molar-refractivity contribution is -0.120. The summed E-state index contributed by atoms with van der Waals surface area (Å²) in [6, 6.07) is 3.75. The molecule has 0 fully saturated rings. The van der Waals surface area contributed by atoms with Gasteiger partial charge < -0.3 is 9.73 Å². The molecule has 0 saturated carbocycles. The molecule has 3 heteroatoms. The van der Waals surface area contributed by atoms with Crippen LogP contribution in [0.5, 0.6) is 0 Å². The van der Waals surface area contributed by atoms with Crippen molar-refractivity contribution in [3.63, 3.8) is 0 Å². The van der Waals surface area contributed by atoms with Gasteiger partial charge in [-0.3, -0.25) is 4.79 Å². The first-order valence-electron chi connectivity index (χ1n) is 4.12. The Hall–Kier alpha value is -1.25. The molecule has 66 valence electrons. The van der Waals surface area contributed by atoms with Crippen LogP contribution >= 0.6 is 0 Å². The standard InChI is InChI=1S/C9H13NO2/c1-2-9(11)10-6-5-8-4-3-7-12-8/h3-4,7H,2,5-6H2,1H3,(H,10,11). The van der Waals surface area contributed by atoms with Crippen LogP contribution in [-0.4, -0.2) is 12.5 Å². The molecular formula is C9H13NO2. The van der Waals surface area contributed by atoms with Crippen molar-refractivity contribution in [3.05, 3.63) is 24.2 Å². The summed E-state index contributed by atoms with van der Waals surface area (Å²) in [7, 11) is 0. The van der Waals surface area contributed by atoms with Crippen LogP contribution in [0.3, 0.4) is 0 Å². The van der Waals surface area contributed by atoms with E-state index in [1.165, 1.54) is 0 Å². The highest BCUT2D eigenvalue weighted by atomic mass is 16.3. The number of furan rings is 1. The number of rotatable bonds is 4. The lowest BCUT2D eigenvalue weighted by Gasteiger charge is -2.00. The van der Waals surface area contributed by atoms with Crippen LogP contribution in [0.4, 0.5) is 0 Å². The van der Waals surface area contributed by atoms with Crippen LogP contribution in [0.25, 0.3) is 0 Å². The van der Waals surface area contributed by atoms with Gasteiger partial charge >= 0.3 is 0 Å². The molecule has 0 spiro atoms. The van der Waals surface area contributed by atoms with Crippen LogP contribution in [-0.2, 0) is 11.2 Å². The molecule has 0 atom stereocenters. The predicted molar refractivity (Wildman–Crippen MR) is 45.7 cm³/mol. The molecule has 1 amide bonds. The number of hydrogen-bond acceptors (Lipinski definition) is 2. The van der Waals surface area contributed by atoms with Gasteiger partial charge in [0.05, 0.1) is 6.26 Å². The molecular weight excluding hydrogens is 154 g/mol. The first kappa shape index (κ1) is 8.84. The fourth-order valence-electron chi connectivity index (χ4n) is 0.905. The zero-order valence-electron chi connectivity index (χ0n) is 7.17. The van der Waals surface area contributed by atoms with Crippen molar-refractivity contribution in [2.75, 3.05) is 6.54 Å². The Morgan fingerprint density at radius 2 is 2.50 bits per heavy atom. The van der Waals surface area contributed by atoms with E-state index in [1.54, 1.807) is 6.26 Å². The largest absolute Gasteiger partial charge is 0.469 e. The third kappa shape index (κ3) is 2.78. The fourth-order valence-corrected chi connectivity index (χ4v) is 0.905. The van der Waals surface area contributed by atoms with Gasteiger partial charge in [0.25, 0.3) is 0 Å². The highest BCUT2D eigenvalue weighted by Gasteiger charge is 1.97. The third-order valence-corrected chi connectivity index (χ3v) is 1.59. The SMILES string of the molecule is CCC(=O)NCCc1ccco1. The second-order valence-electron chi connectivity index (χ2n) is 2.53. The van der Waals surface area contributed by atoms with Gasteiger partial charge in [-0.15, -0.1) is 0 Å². The minimum Gasteiger partial charge on any atom is -0.469 e. The molecule has 0 aromatic carbocycles. The van der Waals surface area contributed by atoms with Crippen molar-refractivity contribution in [1.29, 1.82) is 0 Å². The Bertz CT molecular complexity index is 229. The van der Waals surface area contributed by atoms with E-state index in [2.05, 4.69) is 5.32 Å². The Balaban J connectivity index is 2.15. The van der Waals surface area contributed by atoms with Crippen molar-refractivity contribution in [2.24, 2.45) is 0 Å². The van der Waals surface area contributed by atoms with Crippen LogP contribution in [0, 0.1) is 0 Å². The molecule has 1 heterocycles. The second-order valence-corrected chi connectivity index (χ2v) is 2.53. The Labute approximate surface area is 71.8 Å². The van der Waals surface area contributed by atoms with Crippen LogP contribution in [0.2, 0.25) is 0 Å². The minimum absolute atomic E-state index is 0.0848. The van der Waals surface area contributed by atoms with Crippen molar-refractivity contribution >= 4 is 5.91 Å². The quantitative estimate of drug-likeness (QED) is 0.735. The van der Waals surface area contributed by atoms with Crippen molar-refractivity contribution < 1.29 is 9.21 Å². The lowest BCUT2D eigenvalue weighted by Crippen LogP contribution is -2.24. The molecule has 3 nitrogen and oxygen atoms in total. The monoisotopic (exact) mass is 167 g/mol. The molecule has 1 N–H and O–H groups in total. The first-order valence-corrected chi connectivity index (χ1v) is 4.12. The van der Waals surface area contributed by atoms with Crippen LogP contribution in [0.15, 0.2) is 22.8 Å². The zero-order chi connectivity index (χ0) is 8.81. The summed E-state index contributed by atoms with van der Waals surface area (Å²) < 4.78 is 5.10. The summed E-state index contributed by atoms with van der Waals surface area (Å²) in [5, 5.41) is 2.77. The molecule has 0 aliphatic heterocycles. The van der Waals surface area contributed by atoms with Crippen molar-refractivity contribution in [2.45, 2.75) is 19.8 Å². The van der Waals surface area contributed by atoms with E-state index in [-0.39, 0.29) is 5.91 Å². The van der Waals surface area contributed by atoms with E-state index in [0.717, 1.165) is 12.2 Å². The summed E-state index contributed by atoms with van der Waals surface area (Å²) in [6.45, 7) is 2.49. The van der Waals surface area contributed by atoms with Gasteiger partial charge in [0.15, 0.2) is 0 Å². The summed E-state index contributed by atoms with van der Waals surface area (Å²) in [5.41, 5.74) is 0. The van der Waals surface area contributed by atoms with E-state index >= 15 is 0 Å². The van der Waals surface area contributed by atoms with E-state index in [1.807, 2.05) is 19.1 Å². The average Bonchev–Trinajstić information content (AvgIpc) is 2.57. The van der Waals surface area contributed by atoms with Gasteiger partial charge in [-0.25, -0.2) is 0 Å². The van der Waals surface area contributed by atoms with Crippen molar-refractivity contribution in [3.8, 4) is 0 Å². The molecule has 0 unspecified atom stereocenters. The van der Waals surface area contributed by atoms with Crippen LogP contribution < -0.4 is 5.32 Å². The van der Waals surface area contributed by atoms with Crippen molar-refractivity contribution in [1.82, 2.24) is 5.32 Å². The van der Waals surface area contributed by atoms with Gasteiger partial charge in [-0.1, -0.05) is 6.92 Å². The normalized spacial score (nSPS) is 9.75. The maximum absolute atomic E-state index is 10.8. The smallest absolute Gasteiger partial charge is 0.219 e. The highest BCUT2D eigenvalue weighted by molar-refractivity contribution is 5.75. The molecule has 0 aliphatic carbocycles. The molecule has 0 bridgehead atoms. The molecule has 0 aliphatic rings. The van der Waals surface area contributed by atoms with Gasteiger partial charge in [-0.2, -0.15) is 0 Å². The number of carbonyl (C=O) groups is 1. The molecule has 12 heavy (non-hydrogen) atoms. The van der Waals surface area contributed by atoms with Gasteiger partial charge in [0, 0.05) is 19.4 Å². The molecule has 1 rings (SSSR count). The summed E-state index contributed by atoms with van der Waals surface area (Å²) in [4.78, 5) is 10.8. The van der Waals surface area contributed by atoms with Gasteiger partial charge in [-0.05, 0) is 12.1 Å². The fraction of sp³-hybridized carbons (Fsp3) is 0.444. The van der Waals surface area contributed by atoms with E-state index < -0.39 is 0 Å². The van der Waals surface area contributed by atoms with Gasteiger partial charge in [0.2, 0.25) is 5.91 Å². The number of hydrogen-bond donors (Lipinski definition) is 1. The summed E-state index contributed by atoms with van der Waals surface area (Å²) in [5.74, 6) is 0.993. The topological polar surface area (TPSA) is 42.2 Å². The highest BCUT2D eigenvalue weighted by Crippen LogP contribution is 1.99. The lowest BCUT2D eigenvalue weighted by atomic mass is 10.3.